The summed E-state index contributed by atoms with van der Waals surface area (Å²) in [6.07, 6.45) is 5.10. The smallest absolute Gasteiger partial charge is 0.297 e. The zero-order valence-corrected chi connectivity index (χ0v) is 10.5. The van der Waals surface area contributed by atoms with Crippen LogP contribution in [0.3, 0.4) is 0 Å². The molecule has 1 saturated heterocycles. The monoisotopic (exact) mass is 261 g/mol. The van der Waals surface area contributed by atoms with Crippen molar-refractivity contribution in [1.82, 2.24) is 15.0 Å². The van der Waals surface area contributed by atoms with Gasteiger partial charge in [-0.2, -0.15) is 4.98 Å². The van der Waals surface area contributed by atoms with Crippen molar-refractivity contribution in [2.24, 2.45) is 5.92 Å². The third-order valence-electron chi connectivity index (χ3n) is 3.28. The van der Waals surface area contributed by atoms with Gasteiger partial charge in [0.1, 0.15) is 0 Å². The molecule has 0 spiro atoms. The Bertz CT molecular complexity index is 620. The number of rotatable bonds is 3. The lowest BCUT2D eigenvalue weighted by molar-refractivity contribution is 0.0482. The highest BCUT2D eigenvalue weighted by Crippen LogP contribution is 2.16. The van der Waals surface area contributed by atoms with E-state index in [-0.39, 0.29) is 11.6 Å². The summed E-state index contributed by atoms with van der Waals surface area (Å²) in [5, 5.41) is 0.522. The van der Waals surface area contributed by atoms with Crippen LogP contribution in [0.2, 0.25) is 0 Å². The quantitative estimate of drug-likeness (QED) is 0.896. The highest BCUT2D eigenvalue weighted by atomic mass is 16.5. The van der Waals surface area contributed by atoms with Crippen molar-refractivity contribution in [3.8, 4) is 6.01 Å². The van der Waals surface area contributed by atoms with Gasteiger partial charge in [-0.3, -0.25) is 14.8 Å². The molecule has 0 aromatic carbocycles. The van der Waals surface area contributed by atoms with Gasteiger partial charge in [0.15, 0.2) is 0 Å². The van der Waals surface area contributed by atoms with Gasteiger partial charge in [0.25, 0.3) is 11.6 Å². The number of ether oxygens (including phenoxy) is 2. The summed E-state index contributed by atoms with van der Waals surface area (Å²) in [6, 6.07) is 1.90. The molecule has 3 rings (SSSR count). The Morgan fingerprint density at radius 1 is 1.42 bits per heavy atom. The second-order valence-electron chi connectivity index (χ2n) is 4.63. The Morgan fingerprint density at radius 2 is 2.26 bits per heavy atom. The molecular weight excluding hydrogens is 246 g/mol. The van der Waals surface area contributed by atoms with Gasteiger partial charge in [-0.05, 0) is 24.8 Å². The molecule has 1 aliphatic heterocycles. The first-order valence-corrected chi connectivity index (χ1v) is 6.37. The molecule has 6 heteroatoms. The Balaban J connectivity index is 1.75. The number of H-pyrrole nitrogens is 1. The van der Waals surface area contributed by atoms with Crippen molar-refractivity contribution >= 4 is 10.9 Å². The topological polar surface area (TPSA) is 77.1 Å². The highest BCUT2D eigenvalue weighted by Gasteiger charge is 2.15. The minimum atomic E-state index is -0.200. The minimum absolute atomic E-state index is 0.200. The van der Waals surface area contributed by atoms with Crippen molar-refractivity contribution in [3.63, 3.8) is 0 Å². The average molecular weight is 261 g/mol. The molecule has 100 valence electrons. The van der Waals surface area contributed by atoms with E-state index in [1.165, 1.54) is 0 Å². The van der Waals surface area contributed by atoms with Crippen molar-refractivity contribution in [2.45, 2.75) is 12.8 Å². The average Bonchev–Trinajstić information content (AvgIpc) is 2.46. The van der Waals surface area contributed by atoms with E-state index in [0.29, 0.717) is 23.4 Å². The lowest BCUT2D eigenvalue weighted by Gasteiger charge is -2.21. The maximum Gasteiger partial charge on any atom is 0.297 e. The van der Waals surface area contributed by atoms with Crippen LogP contribution in [0.25, 0.3) is 10.9 Å². The molecule has 2 aromatic heterocycles. The lowest BCUT2D eigenvalue weighted by Crippen LogP contribution is -2.22. The van der Waals surface area contributed by atoms with Crippen molar-refractivity contribution in [3.05, 3.63) is 28.8 Å². The van der Waals surface area contributed by atoms with E-state index < -0.39 is 0 Å². The summed E-state index contributed by atoms with van der Waals surface area (Å²) in [6.45, 7) is 2.11. The molecule has 6 nitrogen and oxygen atoms in total. The maximum absolute atomic E-state index is 11.8. The molecule has 1 fully saturated rings. The number of aromatic nitrogens is 3. The number of aromatic amines is 1. The van der Waals surface area contributed by atoms with Gasteiger partial charge in [0, 0.05) is 19.4 Å². The van der Waals surface area contributed by atoms with Gasteiger partial charge < -0.3 is 9.47 Å². The van der Waals surface area contributed by atoms with Crippen LogP contribution < -0.4 is 10.3 Å². The molecule has 0 amide bonds. The first-order chi connectivity index (χ1) is 9.33. The summed E-state index contributed by atoms with van der Waals surface area (Å²) >= 11 is 0. The SMILES string of the molecule is O=c1[nH]c(OCC2CCOCC2)nc2cnccc12. The normalized spacial score (nSPS) is 16.6. The van der Waals surface area contributed by atoms with Crippen LogP contribution in [-0.2, 0) is 4.74 Å². The van der Waals surface area contributed by atoms with Crippen LogP contribution in [0.4, 0.5) is 0 Å². The predicted octanol–water partition coefficient (Wildman–Crippen LogP) is 1.12. The standard InChI is InChI=1S/C13H15N3O3/c17-12-10-1-4-14-7-11(10)15-13(16-12)19-8-9-2-5-18-6-3-9/h1,4,7,9H,2-3,5-6,8H2,(H,15,16,17). The van der Waals surface area contributed by atoms with Crippen molar-refractivity contribution < 1.29 is 9.47 Å². The van der Waals surface area contributed by atoms with E-state index in [1.807, 2.05) is 0 Å². The van der Waals surface area contributed by atoms with Gasteiger partial charge in [0.2, 0.25) is 0 Å². The molecule has 0 radical (unpaired) electrons. The minimum Gasteiger partial charge on any atom is -0.464 e. The number of hydrogen-bond donors (Lipinski definition) is 1. The van der Waals surface area contributed by atoms with E-state index >= 15 is 0 Å². The molecule has 19 heavy (non-hydrogen) atoms. The van der Waals surface area contributed by atoms with Crippen molar-refractivity contribution in [1.29, 1.82) is 0 Å². The van der Waals surface area contributed by atoms with Gasteiger partial charge in [-0.15, -0.1) is 0 Å². The molecule has 1 aliphatic rings. The number of nitrogens with zero attached hydrogens (tertiary/aromatic N) is 2. The molecule has 0 bridgehead atoms. The van der Waals surface area contributed by atoms with Gasteiger partial charge in [0.05, 0.1) is 23.7 Å². The van der Waals surface area contributed by atoms with Crippen LogP contribution in [0, 0.1) is 5.92 Å². The first kappa shape index (κ1) is 12.1. The Morgan fingerprint density at radius 3 is 3.11 bits per heavy atom. The van der Waals surface area contributed by atoms with Crippen LogP contribution in [0.15, 0.2) is 23.3 Å². The van der Waals surface area contributed by atoms with Crippen LogP contribution in [-0.4, -0.2) is 34.8 Å². The molecular formula is C13H15N3O3. The third-order valence-corrected chi connectivity index (χ3v) is 3.28. The van der Waals surface area contributed by atoms with Crippen molar-refractivity contribution in [2.75, 3.05) is 19.8 Å². The van der Waals surface area contributed by atoms with Crippen LogP contribution >= 0.6 is 0 Å². The summed E-state index contributed by atoms with van der Waals surface area (Å²) in [5.74, 6) is 0.462. The zero-order chi connectivity index (χ0) is 13.1. The molecule has 1 N–H and O–H groups in total. The number of pyridine rings is 1. The summed E-state index contributed by atoms with van der Waals surface area (Å²) in [4.78, 5) is 22.7. The Labute approximate surface area is 109 Å². The van der Waals surface area contributed by atoms with E-state index in [2.05, 4.69) is 15.0 Å². The number of fused-ring (bicyclic) bond motifs is 1. The first-order valence-electron chi connectivity index (χ1n) is 6.37. The highest BCUT2D eigenvalue weighted by molar-refractivity contribution is 5.76. The Kier molecular flexibility index (Phi) is 3.41. The third kappa shape index (κ3) is 2.73. The van der Waals surface area contributed by atoms with E-state index in [1.54, 1.807) is 18.5 Å². The molecule has 0 aliphatic carbocycles. The summed E-state index contributed by atoms with van der Waals surface area (Å²) in [7, 11) is 0. The second kappa shape index (κ2) is 5.36. The predicted molar refractivity (Wildman–Crippen MR) is 69.2 cm³/mol. The van der Waals surface area contributed by atoms with E-state index in [4.69, 9.17) is 9.47 Å². The summed E-state index contributed by atoms with van der Waals surface area (Å²) in [5.41, 5.74) is 0.350. The lowest BCUT2D eigenvalue weighted by atomic mass is 10.0. The Hall–Kier alpha value is -1.95. The summed E-state index contributed by atoms with van der Waals surface area (Å²) < 4.78 is 10.9. The fourth-order valence-corrected chi connectivity index (χ4v) is 2.15. The van der Waals surface area contributed by atoms with Crippen LogP contribution in [0.5, 0.6) is 6.01 Å². The maximum atomic E-state index is 11.8. The van der Waals surface area contributed by atoms with Crippen LogP contribution in [0.1, 0.15) is 12.8 Å². The fraction of sp³-hybridized carbons (Fsp3) is 0.462. The number of nitrogens with one attached hydrogen (secondary N) is 1. The molecule has 3 heterocycles. The molecule has 0 saturated carbocycles. The molecule has 0 atom stereocenters. The fourth-order valence-electron chi connectivity index (χ4n) is 2.15. The molecule has 2 aromatic rings. The largest absolute Gasteiger partial charge is 0.464 e. The second-order valence-corrected chi connectivity index (χ2v) is 4.63. The molecule has 0 unspecified atom stereocenters. The van der Waals surface area contributed by atoms with E-state index in [0.717, 1.165) is 26.1 Å². The zero-order valence-electron chi connectivity index (χ0n) is 10.5. The van der Waals surface area contributed by atoms with Gasteiger partial charge in [-0.25, -0.2) is 0 Å². The van der Waals surface area contributed by atoms with Gasteiger partial charge in [-0.1, -0.05) is 0 Å². The van der Waals surface area contributed by atoms with E-state index in [9.17, 15) is 4.79 Å². The number of hydrogen-bond acceptors (Lipinski definition) is 5. The van der Waals surface area contributed by atoms with Gasteiger partial charge >= 0.3 is 0 Å².